The number of nitrogens with zero attached hydrogens (tertiary/aromatic N) is 5. The SMILES string of the molecule is CCCCN1C(=O)[C@@](C)([C@H](C)C(C)C)NC(=O)C12CCN(Cc1c(C)nn(-c3ccc(S(=O)(=O)N4CCCC4)cc3)c1C)CC2. The molecule has 3 aliphatic rings. The number of carbonyl (C=O) groups is 2. The van der Waals surface area contributed by atoms with Gasteiger partial charge in [0.05, 0.1) is 16.3 Å². The van der Waals surface area contributed by atoms with Gasteiger partial charge in [0.15, 0.2) is 0 Å². The molecule has 11 heteroatoms. The van der Waals surface area contributed by atoms with Gasteiger partial charge in [-0.3, -0.25) is 14.5 Å². The number of piperidine rings is 1. The highest BCUT2D eigenvalue weighted by Gasteiger charge is 2.59. The minimum atomic E-state index is -3.47. The summed E-state index contributed by atoms with van der Waals surface area (Å²) < 4.78 is 29.4. The Balaban J connectivity index is 1.31. The van der Waals surface area contributed by atoms with Gasteiger partial charge in [-0.25, -0.2) is 13.1 Å². The summed E-state index contributed by atoms with van der Waals surface area (Å²) in [5.41, 5.74) is 2.17. The van der Waals surface area contributed by atoms with E-state index in [2.05, 4.69) is 37.9 Å². The maximum Gasteiger partial charge on any atom is 0.249 e. The van der Waals surface area contributed by atoms with E-state index in [9.17, 15) is 18.0 Å². The molecule has 248 valence electrons. The molecule has 1 spiro atoms. The standard InChI is InChI=1S/C34H52N6O4S/c1-8-9-20-39-32(42)33(7,25(4)24(2)3)35-31(41)34(39)16-21-37(22-17-34)23-30-26(5)36-40(27(30)6)28-12-14-29(15-13-28)45(43,44)38-18-10-11-19-38/h12-15,24-25H,8-11,16-23H2,1-7H3,(H,35,41)/t25-,33-/m1/s1. The second kappa shape index (κ2) is 12.8. The molecule has 0 unspecified atom stereocenters. The van der Waals surface area contributed by atoms with Crippen molar-refractivity contribution in [2.45, 2.75) is 110 Å². The van der Waals surface area contributed by atoms with Crippen molar-refractivity contribution in [3.8, 4) is 5.69 Å². The van der Waals surface area contributed by atoms with Gasteiger partial charge in [-0.2, -0.15) is 9.40 Å². The number of sulfonamides is 1. The van der Waals surface area contributed by atoms with E-state index in [1.165, 1.54) is 0 Å². The number of unbranched alkanes of at least 4 members (excludes halogenated alkanes) is 1. The van der Waals surface area contributed by atoms with Gasteiger partial charge >= 0.3 is 0 Å². The molecule has 2 atom stereocenters. The molecule has 3 fully saturated rings. The first kappa shape index (κ1) is 33.6. The van der Waals surface area contributed by atoms with Crippen LogP contribution in [-0.4, -0.2) is 87.9 Å². The first-order chi connectivity index (χ1) is 21.3. The molecule has 4 heterocycles. The summed E-state index contributed by atoms with van der Waals surface area (Å²) in [4.78, 5) is 32.7. The van der Waals surface area contributed by atoms with E-state index in [4.69, 9.17) is 5.10 Å². The Morgan fingerprint density at radius 1 is 0.978 bits per heavy atom. The van der Waals surface area contributed by atoms with Crippen LogP contribution in [0.5, 0.6) is 0 Å². The van der Waals surface area contributed by atoms with Crippen LogP contribution >= 0.6 is 0 Å². The normalized spacial score (nSPS) is 23.7. The van der Waals surface area contributed by atoms with Crippen LogP contribution in [0.1, 0.15) is 90.1 Å². The van der Waals surface area contributed by atoms with Gasteiger partial charge in [-0.05, 0) is 89.0 Å². The first-order valence-corrected chi connectivity index (χ1v) is 18.2. The number of hydrogen-bond acceptors (Lipinski definition) is 6. The van der Waals surface area contributed by atoms with Crippen molar-refractivity contribution in [1.29, 1.82) is 0 Å². The minimum absolute atomic E-state index is 0.0109. The van der Waals surface area contributed by atoms with E-state index in [-0.39, 0.29) is 23.7 Å². The van der Waals surface area contributed by atoms with Gasteiger partial charge in [0.2, 0.25) is 21.8 Å². The smallest absolute Gasteiger partial charge is 0.249 e. The number of piperazine rings is 1. The summed E-state index contributed by atoms with van der Waals surface area (Å²) >= 11 is 0. The summed E-state index contributed by atoms with van der Waals surface area (Å²) in [6.07, 6.45) is 4.84. The van der Waals surface area contributed by atoms with E-state index in [0.29, 0.717) is 57.0 Å². The average Bonchev–Trinajstić information content (AvgIpc) is 3.66. The number of carbonyl (C=O) groups excluding carboxylic acids is 2. The van der Waals surface area contributed by atoms with E-state index in [1.54, 1.807) is 16.4 Å². The van der Waals surface area contributed by atoms with Gasteiger partial charge in [0.1, 0.15) is 11.1 Å². The number of aryl methyl sites for hydroxylation is 1. The fraction of sp³-hybridized carbons (Fsp3) is 0.676. The highest BCUT2D eigenvalue weighted by molar-refractivity contribution is 7.89. The Morgan fingerprint density at radius 2 is 1.60 bits per heavy atom. The van der Waals surface area contributed by atoms with Gasteiger partial charge in [0.25, 0.3) is 0 Å². The molecule has 2 aromatic rings. The number of benzene rings is 1. The molecule has 2 amide bonds. The lowest BCUT2D eigenvalue weighted by atomic mass is 9.72. The molecule has 0 saturated carbocycles. The van der Waals surface area contributed by atoms with Crippen LogP contribution in [0.3, 0.4) is 0 Å². The number of amides is 2. The van der Waals surface area contributed by atoms with Crippen molar-refractivity contribution < 1.29 is 18.0 Å². The van der Waals surface area contributed by atoms with Crippen molar-refractivity contribution in [3.05, 3.63) is 41.2 Å². The quantitative estimate of drug-likeness (QED) is 0.412. The molecule has 0 radical (unpaired) electrons. The van der Waals surface area contributed by atoms with Crippen molar-refractivity contribution >= 4 is 21.8 Å². The molecule has 0 bridgehead atoms. The fourth-order valence-electron chi connectivity index (χ4n) is 7.40. The topological polar surface area (TPSA) is 108 Å². The Labute approximate surface area is 269 Å². The second-order valence-corrected chi connectivity index (χ2v) is 15.9. The zero-order valence-electron chi connectivity index (χ0n) is 28.2. The van der Waals surface area contributed by atoms with Crippen molar-refractivity contribution in [2.75, 3.05) is 32.7 Å². The maximum atomic E-state index is 14.1. The average molecular weight is 641 g/mol. The lowest BCUT2D eigenvalue weighted by molar-refractivity contribution is -0.169. The van der Waals surface area contributed by atoms with Crippen molar-refractivity contribution in [1.82, 2.24) is 29.2 Å². The summed E-state index contributed by atoms with van der Waals surface area (Å²) in [7, 11) is -3.47. The van der Waals surface area contributed by atoms with Crippen molar-refractivity contribution in [2.24, 2.45) is 11.8 Å². The monoisotopic (exact) mass is 640 g/mol. The molecule has 10 nitrogen and oxygen atoms in total. The predicted molar refractivity (Wildman–Crippen MR) is 175 cm³/mol. The number of nitrogens with one attached hydrogen (secondary N) is 1. The first-order valence-electron chi connectivity index (χ1n) is 16.8. The maximum absolute atomic E-state index is 14.1. The van der Waals surface area contributed by atoms with E-state index in [1.807, 2.05) is 42.5 Å². The molecule has 1 aromatic heterocycles. The van der Waals surface area contributed by atoms with Gasteiger partial charge in [-0.1, -0.05) is 34.1 Å². The molecular weight excluding hydrogens is 588 g/mol. The minimum Gasteiger partial charge on any atom is -0.340 e. The van der Waals surface area contributed by atoms with Gasteiger partial charge in [0, 0.05) is 50.5 Å². The molecular formula is C34H52N6O4S. The zero-order chi connectivity index (χ0) is 32.7. The Hall–Kier alpha value is -2.76. The molecule has 0 aliphatic carbocycles. The molecule has 3 saturated heterocycles. The third-order valence-electron chi connectivity index (χ3n) is 10.9. The Kier molecular flexibility index (Phi) is 9.55. The molecule has 1 N–H and O–H groups in total. The van der Waals surface area contributed by atoms with Crippen LogP contribution in [0.25, 0.3) is 5.69 Å². The lowest BCUT2D eigenvalue weighted by Crippen LogP contribution is -2.78. The number of hydrogen-bond donors (Lipinski definition) is 1. The van der Waals surface area contributed by atoms with Crippen LogP contribution in [0.4, 0.5) is 0 Å². The lowest BCUT2D eigenvalue weighted by Gasteiger charge is -2.56. The van der Waals surface area contributed by atoms with Gasteiger partial charge in [-0.15, -0.1) is 0 Å². The number of rotatable bonds is 10. The number of aromatic nitrogens is 2. The summed E-state index contributed by atoms with van der Waals surface area (Å²) in [6, 6.07) is 7.01. The third kappa shape index (κ3) is 5.96. The molecule has 1 aromatic carbocycles. The summed E-state index contributed by atoms with van der Waals surface area (Å²) in [6.45, 7) is 18.2. The zero-order valence-corrected chi connectivity index (χ0v) is 29.0. The van der Waals surface area contributed by atoms with Crippen LogP contribution in [0.15, 0.2) is 29.2 Å². The van der Waals surface area contributed by atoms with Crippen molar-refractivity contribution in [3.63, 3.8) is 0 Å². The molecule has 45 heavy (non-hydrogen) atoms. The summed E-state index contributed by atoms with van der Waals surface area (Å²) in [5.74, 6) is 0.320. The second-order valence-electron chi connectivity index (χ2n) is 14.0. The van der Waals surface area contributed by atoms with E-state index >= 15 is 0 Å². The van der Waals surface area contributed by atoms with Crippen LogP contribution in [-0.2, 0) is 26.2 Å². The fourth-order valence-corrected chi connectivity index (χ4v) is 8.92. The molecule has 5 rings (SSSR count). The highest BCUT2D eigenvalue weighted by Crippen LogP contribution is 2.40. The summed E-state index contributed by atoms with van der Waals surface area (Å²) in [5, 5.41) is 8.05. The molecule has 3 aliphatic heterocycles. The Bertz CT molecular complexity index is 1500. The number of likely N-dealkylation sites (tertiary alicyclic amines) is 1. The predicted octanol–water partition coefficient (Wildman–Crippen LogP) is 4.42. The highest BCUT2D eigenvalue weighted by atomic mass is 32.2. The largest absolute Gasteiger partial charge is 0.340 e. The third-order valence-corrected chi connectivity index (χ3v) is 12.9. The van der Waals surface area contributed by atoms with E-state index < -0.39 is 21.1 Å². The van der Waals surface area contributed by atoms with E-state index in [0.717, 1.165) is 48.3 Å². The van der Waals surface area contributed by atoms with Gasteiger partial charge < -0.3 is 10.2 Å². The van der Waals surface area contributed by atoms with Crippen LogP contribution in [0, 0.1) is 25.7 Å². The Morgan fingerprint density at radius 3 is 2.18 bits per heavy atom. The van der Waals surface area contributed by atoms with Crippen LogP contribution < -0.4 is 5.32 Å². The van der Waals surface area contributed by atoms with Crippen LogP contribution in [0.2, 0.25) is 0 Å².